The second-order valence-corrected chi connectivity index (χ2v) is 4.87. The summed E-state index contributed by atoms with van der Waals surface area (Å²) in [5.74, 6) is 1.49. The van der Waals surface area contributed by atoms with Gasteiger partial charge in [0.1, 0.15) is 11.5 Å². The lowest BCUT2D eigenvalue weighted by Gasteiger charge is -2.06. The lowest BCUT2D eigenvalue weighted by molar-refractivity contribution is 0.482. The van der Waals surface area contributed by atoms with Gasteiger partial charge >= 0.3 is 0 Å². The molecule has 0 saturated heterocycles. The molecule has 18 heavy (non-hydrogen) atoms. The lowest BCUT2D eigenvalue weighted by atomic mass is 10.2. The molecule has 0 spiro atoms. The molecule has 0 amide bonds. The highest BCUT2D eigenvalue weighted by Crippen LogP contribution is 2.23. The van der Waals surface area contributed by atoms with Crippen LogP contribution >= 0.6 is 23.4 Å². The fraction of sp³-hybridized carbons (Fsp3) is 0.0714. The highest BCUT2D eigenvalue weighted by molar-refractivity contribution is 8.13. The molecular weight excluding hydrogens is 266 g/mol. The van der Waals surface area contributed by atoms with E-state index < -0.39 is 0 Å². The average molecular weight is 278 g/mol. The van der Waals surface area contributed by atoms with Crippen molar-refractivity contribution in [2.75, 3.05) is 6.26 Å². The normalized spacial score (nSPS) is 10.1. The van der Waals surface area contributed by atoms with Crippen molar-refractivity contribution in [2.45, 2.75) is 0 Å². The van der Waals surface area contributed by atoms with Crippen molar-refractivity contribution in [3.8, 4) is 11.5 Å². The van der Waals surface area contributed by atoms with Gasteiger partial charge in [-0.15, -0.1) is 11.8 Å². The molecule has 0 radical (unpaired) electrons. The molecule has 2 nitrogen and oxygen atoms in total. The van der Waals surface area contributed by atoms with Crippen LogP contribution in [0.4, 0.5) is 0 Å². The average Bonchev–Trinajstić information content (AvgIpc) is 2.41. The van der Waals surface area contributed by atoms with Gasteiger partial charge in [-0.05, 0) is 54.8 Å². The molecule has 0 atom stereocenters. The van der Waals surface area contributed by atoms with E-state index >= 15 is 0 Å². The van der Waals surface area contributed by atoms with Crippen LogP contribution in [0.2, 0.25) is 5.02 Å². The van der Waals surface area contributed by atoms with Crippen LogP contribution in [0.15, 0.2) is 48.5 Å². The van der Waals surface area contributed by atoms with Crippen molar-refractivity contribution in [1.29, 1.82) is 5.41 Å². The Bertz CT molecular complexity index is 537. The molecule has 0 aliphatic heterocycles. The van der Waals surface area contributed by atoms with E-state index in [1.807, 2.05) is 42.7 Å². The van der Waals surface area contributed by atoms with E-state index in [4.69, 9.17) is 21.7 Å². The third-order valence-corrected chi connectivity index (χ3v) is 3.27. The number of hydrogen-bond donors (Lipinski definition) is 1. The quantitative estimate of drug-likeness (QED) is 0.644. The number of thioether (sulfide) groups is 1. The predicted octanol–water partition coefficient (Wildman–Crippen LogP) is 4.82. The third-order valence-electron chi connectivity index (χ3n) is 2.37. The minimum atomic E-state index is 0.549. The molecule has 0 saturated carbocycles. The molecule has 0 aliphatic rings. The minimum absolute atomic E-state index is 0.549. The summed E-state index contributed by atoms with van der Waals surface area (Å²) in [4.78, 5) is 0. The third kappa shape index (κ3) is 3.28. The zero-order valence-electron chi connectivity index (χ0n) is 9.81. The largest absolute Gasteiger partial charge is 0.457 e. The summed E-state index contributed by atoms with van der Waals surface area (Å²) in [5, 5.41) is 8.94. The molecule has 0 bridgehead atoms. The Morgan fingerprint density at radius 2 is 1.50 bits per heavy atom. The molecule has 0 fully saturated rings. The van der Waals surface area contributed by atoms with Gasteiger partial charge in [-0.2, -0.15) is 0 Å². The fourth-order valence-electron chi connectivity index (χ4n) is 1.43. The molecule has 0 aliphatic carbocycles. The Morgan fingerprint density at radius 1 is 1.00 bits per heavy atom. The van der Waals surface area contributed by atoms with E-state index in [1.165, 1.54) is 11.8 Å². The first-order valence-corrected chi connectivity index (χ1v) is 6.96. The van der Waals surface area contributed by atoms with Crippen molar-refractivity contribution in [3.63, 3.8) is 0 Å². The number of nitrogens with one attached hydrogen (secondary N) is 1. The first-order chi connectivity index (χ1) is 8.69. The van der Waals surface area contributed by atoms with E-state index in [0.717, 1.165) is 17.1 Å². The Labute approximate surface area is 115 Å². The molecule has 1 N–H and O–H groups in total. The van der Waals surface area contributed by atoms with E-state index in [2.05, 4.69) is 0 Å². The van der Waals surface area contributed by atoms with Crippen LogP contribution in [0.3, 0.4) is 0 Å². The number of benzene rings is 2. The Morgan fingerprint density at radius 3 is 2.00 bits per heavy atom. The Kier molecular flexibility index (Phi) is 4.28. The van der Waals surface area contributed by atoms with E-state index in [-0.39, 0.29) is 0 Å². The van der Waals surface area contributed by atoms with E-state index in [0.29, 0.717) is 10.1 Å². The molecule has 2 aromatic carbocycles. The maximum absolute atomic E-state index is 7.70. The van der Waals surface area contributed by atoms with Crippen LogP contribution < -0.4 is 4.74 Å². The van der Waals surface area contributed by atoms with Gasteiger partial charge in [0.15, 0.2) is 0 Å². The zero-order chi connectivity index (χ0) is 13.0. The number of rotatable bonds is 3. The van der Waals surface area contributed by atoms with Gasteiger partial charge in [-0.1, -0.05) is 11.6 Å². The van der Waals surface area contributed by atoms with Crippen LogP contribution in [0.5, 0.6) is 11.5 Å². The summed E-state index contributed by atoms with van der Waals surface area (Å²) in [5.41, 5.74) is 0.894. The molecule has 0 heterocycles. The van der Waals surface area contributed by atoms with Gasteiger partial charge in [0.25, 0.3) is 0 Å². The van der Waals surface area contributed by atoms with Crippen LogP contribution in [0.1, 0.15) is 5.56 Å². The highest BCUT2D eigenvalue weighted by Gasteiger charge is 2.01. The second kappa shape index (κ2) is 5.94. The summed E-state index contributed by atoms with van der Waals surface area (Å²) < 4.78 is 5.67. The summed E-state index contributed by atoms with van der Waals surface area (Å²) in [6, 6.07) is 14.7. The molecule has 92 valence electrons. The number of hydrogen-bond acceptors (Lipinski definition) is 3. The highest BCUT2D eigenvalue weighted by atomic mass is 35.5. The van der Waals surface area contributed by atoms with Crippen LogP contribution in [0.25, 0.3) is 0 Å². The van der Waals surface area contributed by atoms with E-state index in [1.54, 1.807) is 12.1 Å². The summed E-state index contributed by atoms with van der Waals surface area (Å²) >= 11 is 7.22. The minimum Gasteiger partial charge on any atom is -0.457 e. The maximum Gasteiger partial charge on any atom is 0.127 e. The van der Waals surface area contributed by atoms with Gasteiger partial charge in [0.05, 0.1) is 5.04 Å². The summed E-state index contributed by atoms with van der Waals surface area (Å²) in [6.07, 6.45) is 1.89. The Hall–Kier alpha value is -1.45. The van der Waals surface area contributed by atoms with Crippen molar-refractivity contribution >= 4 is 28.4 Å². The molecule has 4 heteroatoms. The van der Waals surface area contributed by atoms with Crippen molar-refractivity contribution in [3.05, 3.63) is 59.1 Å². The van der Waals surface area contributed by atoms with Gasteiger partial charge < -0.3 is 4.74 Å². The topological polar surface area (TPSA) is 33.1 Å². The van der Waals surface area contributed by atoms with E-state index in [9.17, 15) is 0 Å². The summed E-state index contributed by atoms with van der Waals surface area (Å²) in [7, 11) is 0. The monoisotopic (exact) mass is 277 g/mol. The summed E-state index contributed by atoms with van der Waals surface area (Å²) in [6.45, 7) is 0. The standard InChI is InChI=1S/C14H12ClNOS/c1-18-14(16)10-2-6-12(7-3-10)17-13-8-4-11(15)5-9-13/h2-9,16H,1H3. The van der Waals surface area contributed by atoms with Gasteiger partial charge in [0, 0.05) is 10.6 Å². The van der Waals surface area contributed by atoms with Crippen molar-refractivity contribution in [2.24, 2.45) is 0 Å². The first kappa shape index (κ1) is 13.0. The SMILES string of the molecule is CSC(=N)c1ccc(Oc2ccc(Cl)cc2)cc1. The van der Waals surface area contributed by atoms with Gasteiger partial charge in [-0.25, -0.2) is 0 Å². The van der Waals surface area contributed by atoms with Crippen LogP contribution in [-0.2, 0) is 0 Å². The van der Waals surface area contributed by atoms with Gasteiger partial charge in [-0.3, -0.25) is 5.41 Å². The molecular formula is C14H12ClNOS. The van der Waals surface area contributed by atoms with Crippen molar-refractivity contribution < 1.29 is 4.74 Å². The smallest absolute Gasteiger partial charge is 0.127 e. The molecule has 2 aromatic rings. The van der Waals surface area contributed by atoms with Gasteiger partial charge in [0.2, 0.25) is 0 Å². The fourth-order valence-corrected chi connectivity index (χ4v) is 1.93. The zero-order valence-corrected chi connectivity index (χ0v) is 11.4. The second-order valence-electron chi connectivity index (χ2n) is 3.61. The maximum atomic E-state index is 7.70. The van der Waals surface area contributed by atoms with Crippen LogP contribution in [-0.4, -0.2) is 11.3 Å². The molecule has 0 unspecified atom stereocenters. The first-order valence-electron chi connectivity index (χ1n) is 5.35. The predicted molar refractivity (Wildman–Crippen MR) is 78.3 cm³/mol. The molecule has 0 aromatic heterocycles. The Balaban J connectivity index is 2.10. The number of ether oxygens (including phenoxy) is 1. The number of halogens is 1. The lowest BCUT2D eigenvalue weighted by Crippen LogP contribution is -1.92. The molecule has 2 rings (SSSR count). The van der Waals surface area contributed by atoms with Crippen LogP contribution in [0, 0.1) is 5.41 Å². The van der Waals surface area contributed by atoms with Crippen molar-refractivity contribution in [1.82, 2.24) is 0 Å².